The summed E-state index contributed by atoms with van der Waals surface area (Å²) in [7, 11) is -3.68. The molecule has 0 spiro atoms. The fourth-order valence-electron chi connectivity index (χ4n) is 1.73. The minimum Gasteiger partial charge on any atom is -0.494 e. The fourth-order valence-corrected chi connectivity index (χ4v) is 4.09. The van der Waals surface area contributed by atoms with Gasteiger partial charge in [0.25, 0.3) is 10.0 Å². The molecule has 2 aromatic rings. The molecule has 0 aliphatic rings. The molecule has 1 heterocycles. The fraction of sp³-hybridized carbons (Fsp3) is 0.286. The van der Waals surface area contributed by atoms with Gasteiger partial charge in [0.2, 0.25) is 0 Å². The average molecular weight is 327 g/mol. The molecule has 0 radical (unpaired) electrons. The first-order valence-corrected chi connectivity index (χ1v) is 8.86. The van der Waals surface area contributed by atoms with Gasteiger partial charge in [-0.25, -0.2) is 8.42 Å². The second-order valence-electron chi connectivity index (χ2n) is 4.34. The van der Waals surface area contributed by atoms with Crippen molar-refractivity contribution in [2.24, 2.45) is 0 Å². The summed E-state index contributed by atoms with van der Waals surface area (Å²) in [4.78, 5) is 0.534. The number of thiophene rings is 1. The van der Waals surface area contributed by atoms with Gasteiger partial charge >= 0.3 is 0 Å². The summed E-state index contributed by atoms with van der Waals surface area (Å²) in [5.41, 5.74) is 0.453. The Kier molecular flexibility index (Phi) is 5.22. The number of aliphatic hydroxyl groups is 1. The summed E-state index contributed by atoms with van der Waals surface area (Å²) in [6, 6.07) is 8.21. The number of hydrogen-bond acceptors (Lipinski definition) is 5. The van der Waals surface area contributed by atoms with Gasteiger partial charge in [-0.05, 0) is 42.1 Å². The van der Waals surface area contributed by atoms with Gasteiger partial charge in [0.15, 0.2) is 0 Å². The Morgan fingerprint density at radius 2 is 1.95 bits per heavy atom. The molecular weight excluding hydrogens is 310 g/mol. The van der Waals surface area contributed by atoms with Crippen molar-refractivity contribution in [1.29, 1.82) is 0 Å². The van der Waals surface area contributed by atoms with E-state index in [-0.39, 0.29) is 11.5 Å². The Morgan fingerprint density at radius 3 is 2.57 bits per heavy atom. The molecule has 0 aliphatic heterocycles. The van der Waals surface area contributed by atoms with E-state index in [0.717, 1.165) is 6.42 Å². The quantitative estimate of drug-likeness (QED) is 0.820. The Bertz CT molecular complexity index is 677. The molecule has 7 heteroatoms. The zero-order chi connectivity index (χ0) is 15.3. The maximum absolute atomic E-state index is 12.3. The van der Waals surface area contributed by atoms with Crippen LogP contribution in [0.5, 0.6) is 5.75 Å². The largest absolute Gasteiger partial charge is 0.494 e. The van der Waals surface area contributed by atoms with Crippen molar-refractivity contribution in [3.8, 4) is 5.75 Å². The van der Waals surface area contributed by atoms with Crippen LogP contribution in [-0.2, 0) is 16.6 Å². The second-order valence-corrected chi connectivity index (χ2v) is 7.00. The Hall–Kier alpha value is -1.57. The maximum atomic E-state index is 12.3. The smallest absolute Gasteiger partial charge is 0.263 e. The number of rotatable bonds is 7. The number of benzene rings is 1. The number of anilines is 1. The molecule has 114 valence electrons. The second kappa shape index (κ2) is 6.93. The molecule has 0 amide bonds. The van der Waals surface area contributed by atoms with Crippen molar-refractivity contribution in [1.82, 2.24) is 0 Å². The Labute approximate surface area is 128 Å². The minimum absolute atomic E-state index is 0.112. The number of aliphatic hydroxyl groups excluding tert-OH is 1. The van der Waals surface area contributed by atoms with Crippen LogP contribution in [-0.4, -0.2) is 20.1 Å². The summed E-state index contributed by atoms with van der Waals surface area (Å²) in [5, 5.41) is 10.8. The lowest BCUT2D eigenvalue weighted by molar-refractivity contribution is 0.282. The zero-order valence-corrected chi connectivity index (χ0v) is 13.2. The van der Waals surface area contributed by atoms with Crippen LogP contribution in [0, 0.1) is 0 Å². The highest BCUT2D eigenvalue weighted by Gasteiger charge is 2.19. The summed E-state index contributed by atoms with van der Waals surface area (Å²) in [6.07, 6.45) is 0.913. The summed E-state index contributed by atoms with van der Waals surface area (Å²) in [5.74, 6) is 0.700. The van der Waals surface area contributed by atoms with Gasteiger partial charge in [-0.2, -0.15) is 0 Å². The van der Waals surface area contributed by atoms with Crippen molar-refractivity contribution in [2.75, 3.05) is 11.3 Å². The van der Waals surface area contributed by atoms with Crippen molar-refractivity contribution in [3.05, 3.63) is 40.6 Å². The number of ether oxygens (including phenoxy) is 1. The van der Waals surface area contributed by atoms with E-state index in [4.69, 9.17) is 9.84 Å². The zero-order valence-electron chi connectivity index (χ0n) is 11.6. The van der Waals surface area contributed by atoms with Gasteiger partial charge in [-0.15, -0.1) is 11.3 Å². The van der Waals surface area contributed by atoms with E-state index >= 15 is 0 Å². The molecule has 5 nitrogen and oxygen atoms in total. The third-order valence-electron chi connectivity index (χ3n) is 2.72. The molecule has 0 saturated heterocycles. The number of sulfonamides is 1. The van der Waals surface area contributed by atoms with Crippen molar-refractivity contribution in [3.63, 3.8) is 0 Å². The van der Waals surface area contributed by atoms with E-state index in [1.165, 1.54) is 17.4 Å². The number of nitrogens with one attached hydrogen (secondary N) is 1. The average Bonchev–Trinajstić information content (AvgIpc) is 2.95. The van der Waals surface area contributed by atoms with E-state index < -0.39 is 10.0 Å². The molecule has 21 heavy (non-hydrogen) atoms. The first kappa shape index (κ1) is 15.8. The van der Waals surface area contributed by atoms with Crippen LogP contribution < -0.4 is 9.46 Å². The summed E-state index contributed by atoms with van der Waals surface area (Å²) < 4.78 is 32.4. The highest BCUT2D eigenvalue weighted by atomic mass is 32.2. The van der Waals surface area contributed by atoms with E-state index in [2.05, 4.69) is 4.72 Å². The number of hydrogen-bond donors (Lipinski definition) is 2. The maximum Gasteiger partial charge on any atom is 0.263 e. The normalized spacial score (nSPS) is 11.3. The van der Waals surface area contributed by atoms with E-state index in [1.807, 2.05) is 6.92 Å². The third-order valence-corrected chi connectivity index (χ3v) is 5.22. The molecule has 0 aliphatic carbocycles. The molecule has 0 bridgehead atoms. The molecule has 0 unspecified atom stereocenters. The Morgan fingerprint density at radius 1 is 1.24 bits per heavy atom. The van der Waals surface area contributed by atoms with Gasteiger partial charge in [-0.3, -0.25) is 4.72 Å². The van der Waals surface area contributed by atoms with Crippen LogP contribution in [0.4, 0.5) is 5.69 Å². The van der Waals surface area contributed by atoms with E-state index in [9.17, 15) is 8.42 Å². The summed E-state index contributed by atoms with van der Waals surface area (Å²) >= 11 is 1.21. The van der Waals surface area contributed by atoms with Gasteiger partial charge in [0.1, 0.15) is 10.6 Å². The minimum atomic E-state index is -3.68. The lowest BCUT2D eigenvalue weighted by Gasteiger charge is -2.09. The van der Waals surface area contributed by atoms with Gasteiger partial charge in [0.05, 0.1) is 18.1 Å². The van der Waals surface area contributed by atoms with Crippen LogP contribution in [0.1, 0.15) is 18.2 Å². The van der Waals surface area contributed by atoms with Crippen LogP contribution in [0.2, 0.25) is 0 Å². The van der Waals surface area contributed by atoms with Crippen molar-refractivity contribution < 1.29 is 18.3 Å². The van der Waals surface area contributed by atoms with E-state index in [0.29, 0.717) is 22.9 Å². The molecule has 2 N–H and O–H groups in total. The highest BCUT2D eigenvalue weighted by molar-refractivity contribution is 7.93. The molecule has 2 rings (SSSR count). The highest BCUT2D eigenvalue weighted by Crippen LogP contribution is 2.25. The molecule has 0 fully saturated rings. The van der Waals surface area contributed by atoms with Gasteiger partial charge in [-0.1, -0.05) is 6.92 Å². The molecule has 0 saturated carbocycles. The first-order valence-electron chi connectivity index (χ1n) is 6.49. The van der Waals surface area contributed by atoms with Gasteiger partial charge in [0, 0.05) is 5.69 Å². The van der Waals surface area contributed by atoms with Crippen LogP contribution in [0.15, 0.2) is 40.6 Å². The first-order chi connectivity index (χ1) is 10.1. The molecular formula is C14H17NO4S2. The topological polar surface area (TPSA) is 75.6 Å². The lowest BCUT2D eigenvalue weighted by Crippen LogP contribution is -2.13. The monoisotopic (exact) mass is 327 g/mol. The predicted molar refractivity (Wildman–Crippen MR) is 83.3 cm³/mol. The van der Waals surface area contributed by atoms with Crippen molar-refractivity contribution >= 4 is 27.0 Å². The predicted octanol–water partition coefficient (Wildman–Crippen LogP) is 2.83. The lowest BCUT2D eigenvalue weighted by atomic mass is 10.3. The van der Waals surface area contributed by atoms with Crippen LogP contribution in [0.25, 0.3) is 0 Å². The third kappa shape index (κ3) is 3.96. The van der Waals surface area contributed by atoms with Crippen molar-refractivity contribution in [2.45, 2.75) is 24.8 Å². The Balaban J connectivity index is 2.13. The van der Waals surface area contributed by atoms with Crippen LogP contribution >= 0.6 is 11.3 Å². The molecule has 1 aromatic carbocycles. The standard InChI is InChI=1S/C14H17NO4S2/c1-2-8-19-12-5-3-11(4-6-12)15-21(17,18)14-7-9-20-13(14)10-16/h3-7,9,15-16H,2,8,10H2,1H3. The van der Waals surface area contributed by atoms with Gasteiger partial charge < -0.3 is 9.84 Å². The molecule has 0 atom stereocenters. The van der Waals surface area contributed by atoms with E-state index in [1.54, 1.807) is 29.6 Å². The SMILES string of the molecule is CCCOc1ccc(NS(=O)(=O)c2ccsc2CO)cc1. The summed E-state index contributed by atoms with van der Waals surface area (Å²) in [6.45, 7) is 2.35. The molecule has 1 aromatic heterocycles. The van der Waals surface area contributed by atoms with Crippen LogP contribution in [0.3, 0.4) is 0 Å².